The zero-order valence-corrected chi connectivity index (χ0v) is 12.9. The van der Waals surface area contributed by atoms with E-state index in [1.54, 1.807) is 0 Å². The topological polar surface area (TPSA) is 29.9 Å². The van der Waals surface area contributed by atoms with Gasteiger partial charge in [0.2, 0.25) is 0 Å². The molecule has 1 N–H and O–H groups in total. The minimum absolute atomic E-state index is 0.00387. The van der Waals surface area contributed by atoms with Crippen molar-refractivity contribution in [3.05, 3.63) is 52.0 Å². The van der Waals surface area contributed by atoms with E-state index >= 15 is 0 Å². The molecular weight excluding hydrogens is 302 g/mol. The lowest BCUT2D eigenvalue weighted by molar-refractivity contribution is 0.357. The molecule has 1 aromatic heterocycles. The van der Waals surface area contributed by atoms with Crippen LogP contribution >= 0.6 is 15.9 Å². The minimum atomic E-state index is -0.00387. The summed E-state index contributed by atoms with van der Waals surface area (Å²) in [6.45, 7) is 6.33. The third-order valence-electron chi connectivity index (χ3n) is 3.68. The van der Waals surface area contributed by atoms with Gasteiger partial charge in [-0.3, -0.25) is 0 Å². The van der Waals surface area contributed by atoms with Crippen molar-refractivity contribution in [3.63, 3.8) is 0 Å². The lowest BCUT2D eigenvalue weighted by Gasteiger charge is -2.32. The van der Waals surface area contributed by atoms with Crippen molar-refractivity contribution in [2.75, 3.05) is 6.54 Å². The fourth-order valence-corrected chi connectivity index (χ4v) is 3.30. The average molecular weight is 320 g/mol. The molecule has 2 heterocycles. The predicted octanol–water partition coefficient (Wildman–Crippen LogP) is 3.07. The van der Waals surface area contributed by atoms with Gasteiger partial charge in [-0.2, -0.15) is 0 Å². The number of benzene rings is 1. The zero-order valence-electron chi connectivity index (χ0n) is 11.3. The molecule has 0 atom stereocenters. The van der Waals surface area contributed by atoms with Crippen molar-refractivity contribution in [3.8, 4) is 0 Å². The van der Waals surface area contributed by atoms with Crippen LogP contribution in [0.3, 0.4) is 0 Å². The fraction of sp³-hybridized carbons (Fsp3) is 0.400. The van der Waals surface area contributed by atoms with Gasteiger partial charge < -0.3 is 9.88 Å². The first-order valence-corrected chi connectivity index (χ1v) is 7.39. The van der Waals surface area contributed by atoms with Gasteiger partial charge in [0.05, 0.1) is 23.3 Å². The fourth-order valence-electron chi connectivity index (χ4n) is 2.86. The highest BCUT2D eigenvalue weighted by Gasteiger charge is 2.31. The van der Waals surface area contributed by atoms with Crippen molar-refractivity contribution in [2.45, 2.75) is 32.4 Å². The molecule has 4 heteroatoms. The van der Waals surface area contributed by atoms with Crippen LogP contribution in [0.4, 0.5) is 0 Å². The quantitative estimate of drug-likeness (QED) is 0.922. The van der Waals surface area contributed by atoms with Crippen LogP contribution in [0, 0.1) is 0 Å². The van der Waals surface area contributed by atoms with Gasteiger partial charge in [-0.25, -0.2) is 4.98 Å². The molecule has 100 valence electrons. The summed E-state index contributed by atoms with van der Waals surface area (Å²) in [6.07, 6.45) is 2.99. The summed E-state index contributed by atoms with van der Waals surface area (Å²) in [5, 5.41) is 3.57. The highest BCUT2D eigenvalue weighted by Crippen LogP contribution is 2.28. The maximum absolute atomic E-state index is 4.58. The Labute approximate surface area is 122 Å². The van der Waals surface area contributed by atoms with Gasteiger partial charge in [-0.05, 0) is 31.5 Å². The second-order valence-electron chi connectivity index (χ2n) is 5.60. The Kier molecular flexibility index (Phi) is 3.23. The van der Waals surface area contributed by atoms with Gasteiger partial charge in [0.15, 0.2) is 0 Å². The third kappa shape index (κ3) is 2.47. The Morgan fingerprint density at radius 3 is 3.05 bits per heavy atom. The molecule has 0 fully saturated rings. The molecule has 0 aliphatic carbocycles. The smallest absolute Gasteiger partial charge is 0.0955 e. The van der Waals surface area contributed by atoms with Crippen LogP contribution in [0.15, 0.2) is 35.1 Å². The van der Waals surface area contributed by atoms with E-state index in [1.807, 2.05) is 6.33 Å². The van der Waals surface area contributed by atoms with Crippen LogP contribution in [0.1, 0.15) is 30.8 Å². The third-order valence-corrected chi connectivity index (χ3v) is 4.17. The lowest BCUT2D eigenvalue weighted by Crippen LogP contribution is -2.44. The van der Waals surface area contributed by atoms with E-state index in [9.17, 15) is 0 Å². The van der Waals surface area contributed by atoms with Gasteiger partial charge >= 0.3 is 0 Å². The SMILES string of the molecule is CC1(C)NCCc2ncn(Cc3cccc(Br)c3)c21. The molecule has 2 aromatic rings. The number of nitrogens with one attached hydrogen (secondary N) is 1. The van der Waals surface area contributed by atoms with Crippen LogP contribution in [-0.2, 0) is 18.5 Å². The molecule has 3 rings (SSSR count). The number of rotatable bonds is 2. The highest BCUT2D eigenvalue weighted by molar-refractivity contribution is 9.10. The molecule has 0 bridgehead atoms. The number of halogens is 1. The van der Waals surface area contributed by atoms with Crippen LogP contribution in [-0.4, -0.2) is 16.1 Å². The second-order valence-corrected chi connectivity index (χ2v) is 6.52. The van der Waals surface area contributed by atoms with Crippen LogP contribution < -0.4 is 5.32 Å². The number of hydrogen-bond donors (Lipinski definition) is 1. The van der Waals surface area contributed by atoms with E-state index in [4.69, 9.17) is 0 Å². The van der Waals surface area contributed by atoms with Crippen molar-refractivity contribution in [1.29, 1.82) is 0 Å². The number of nitrogens with zero attached hydrogens (tertiary/aromatic N) is 2. The molecule has 0 saturated heterocycles. The summed E-state index contributed by atoms with van der Waals surface area (Å²) in [5.74, 6) is 0. The van der Waals surface area contributed by atoms with Crippen LogP contribution in [0.2, 0.25) is 0 Å². The van der Waals surface area contributed by atoms with Crippen LogP contribution in [0.5, 0.6) is 0 Å². The van der Waals surface area contributed by atoms with Crippen molar-refractivity contribution in [1.82, 2.24) is 14.9 Å². The second kappa shape index (κ2) is 4.76. The molecule has 19 heavy (non-hydrogen) atoms. The number of aromatic nitrogens is 2. The molecule has 1 aromatic carbocycles. The predicted molar refractivity (Wildman–Crippen MR) is 80.2 cm³/mol. The van der Waals surface area contributed by atoms with Gasteiger partial charge in [-0.1, -0.05) is 28.1 Å². The first-order valence-electron chi connectivity index (χ1n) is 6.60. The van der Waals surface area contributed by atoms with Crippen molar-refractivity contribution >= 4 is 15.9 Å². The maximum Gasteiger partial charge on any atom is 0.0955 e. The number of fused-ring (bicyclic) bond motifs is 1. The monoisotopic (exact) mass is 319 g/mol. The molecule has 0 radical (unpaired) electrons. The largest absolute Gasteiger partial charge is 0.328 e. The van der Waals surface area contributed by atoms with E-state index in [-0.39, 0.29) is 5.54 Å². The van der Waals surface area contributed by atoms with Crippen molar-refractivity contribution < 1.29 is 0 Å². The Morgan fingerprint density at radius 2 is 2.26 bits per heavy atom. The highest BCUT2D eigenvalue weighted by atomic mass is 79.9. The number of imidazole rings is 1. The molecule has 0 unspecified atom stereocenters. The normalized spacial score (nSPS) is 17.2. The Morgan fingerprint density at radius 1 is 1.42 bits per heavy atom. The van der Waals surface area contributed by atoms with E-state index in [2.05, 4.69) is 68.9 Å². The van der Waals surface area contributed by atoms with Gasteiger partial charge in [-0.15, -0.1) is 0 Å². The average Bonchev–Trinajstić information content (AvgIpc) is 2.73. The molecule has 0 spiro atoms. The van der Waals surface area contributed by atoms with Crippen LogP contribution in [0.25, 0.3) is 0 Å². The maximum atomic E-state index is 4.58. The molecule has 1 aliphatic rings. The molecule has 3 nitrogen and oxygen atoms in total. The van der Waals surface area contributed by atoms with Gasteiger partial charge in [0, 0.05) is 24.0 Å². The molecule has 0 saturated carbocycles. The summed E-state index contributed by atoms with van der Waals surface area (Å²) in [6, 6.07) is 8.45. The standard InChI is InChI=1S/C15H18BrN3/c1-15(2)14-13(6-7-18-15)17-10-19(14)9-11-4-3-5-12(16)8-11/h3-5,8,10,18H,6-7,9H2,1-2H3. The Bertz CT molecular complexity index is 601. The minimum Gasteiger partial charge on any atom is -0.328 e. The van der Waals surface area contributed by atoms with E-state index in [1.165, 1.54) is 17.0 Å². The summed E-state index contributed by atoms with van der Waals surface area (Å²) < 4.78 is 3.39. The van der Waals surface area contributed by atoms with Gasteiger partial charge in [0.25, 0.3) is 0 Å². The van der Waals surface area contributed by atoms with Crippen molar-refractivity contribution in [2.24, 2.45) is 0 Å². The van der Waals surface area contributed by atoms with E-state index < -0.39 is 0 Å². The molecule has 1 aliphatic heterocycles. The first-order chi connectivity index (χ1) is 9.06. The summed E-state index contributed by atoms with van der Waals surface area (Å²) in [7, 11) is 0. The summed E-state index contributed by atoms with van der Waals surface area (Å²) in [4.78, 5) is 4.58. The summed E-state index contributed by atoms with van der Waals surface area (Å²) in [5.41, 5.74) is 3.84. The zero-order chi connectivity index (χ0) is 13.5. The number of hydrogen-bond acceptors (Lipinski definition) is 2. The molecule has 0 amide bonds. The Balaban J connectivity index is 1.97. The van der Waals surface area contributed by atoms with E-state index in [0.717, 1.165) is 24.0 Å². The Hall–Kier alpha value is -1.13. The lowest BCUT2D eigenvalue weighted by atomic mass is 9.93. The molecular formula is C15H18BrN3. The van der Waals surface area contributed by atoms with E-state index in [0.29, 0.717) is 0 Å². The summed E-state index contributed by atoms with van der Waals surface area (Å²) >= 11 is 3.53. The first kappa shape index (κ1) is 12.9. The van der Waals surface area contributed by atoms with Gasteiger partial charge in [0.1, 0.15) is 0 Å².